The van der Waals surface area contributed by atoms with Crippen molar-refractivity contribution in [2.45, 2.75) is 6.61 Å². The van der Waals surface area contributed by atoms with Crippen molar-refractivity contribution in [3.63, 3.8) is 0 Å². The highest BCUT2D eigenvalue weighted by Gasteiger charge is 2.13. The number of carbonyl (C=O) groups excluding carboxylic acids is 1. The number of esters is 1. The monoisotopic (exact) mass is 378 g/mol. The minimum Gasteiger partial charge on any atom is -0.497 e. The van der Waals surface area contributed by atoms with E-state index in [2.05, 4.69) is 0 Å². The van der Waals surface area contributed by atoms with E-state index < -0.39 is 5.97 Å². The van der Waals surface area contributed by atoms with E-state index in [4.69, 9.17) is 18.9 Å². The molecule has 3 aromatic rings. The summed E-state index contributed by atoms with van der Waals surface area (Å²) in [5, 5.41) is 0. The smallest absolute Gasteiger partial charge is 0.338 e. The van der Waals surface area contributed by atoms with Crippen molar-refractivity contribution < 1.29 is 23.7 Å². The predicted octanol–water partition coefficient (Wildman–Crippen LogP) is 4.51. The third-order valence-corrected chi connectivity index (χ3v) is 4.02. The maximum absolute atomic E-state index is 12.4. The summed E-state index contributed by atoms with van der Waals surface area (Å²) in [7, 11) is 1.61. The molecule has 0 bridgehead atoms. The molecule has 0 unspecified atom stereocenters. The van der Waals surface area contributed by atoms with Gasteiger partial charge in [-0.1, -0.05) is 36.4 Å². The number of methoxy groups -OCH3 is 1. The molecule has 0 radical (unpaired) electrons. The van der Waals surface area contributed by atoms with Gasteiger partial charge in [-0.3, -0.25) is 0 Å². The standard InChI is InChI=1S/C23H22O5/c1-25-19-11-13-21(14-12-19)26-15-16-27-23(24)22-10-6-5-7-18(22)17-28-20-8-3-2-4-9-20/h2-14H,15-17H2,1H3. The second-order valence-electron chi connectivity index (χ2n) is 5.92. The summed E-state index contributed by atoms with van der Waals surface area (Å²) in [6.45, 7) is 0.705. The lowest BCUT2D eigenvalue weighted by atomic mass is 10.1. The summed E-state index contributed by atoms with van der Waals surface area (Å²) in [5.41, 5.74) is 1.26. The van der Waals surface area contributed by atoms with Crippen molar-refractivity contribution >= 4 is 5.97 Å². The van der Waals surface area contributed by atoms with E-state index in [-0.39, 0.29) is 19.8 Å². The van der Waals surface area contributed by atoms with Gasteiger partial charge in [0.1, 0.15) is 37.1 Å². The molecule has 144 valence electrons. The van der Waals surface area contributed by atoms with Crippen LogP contribution in [0.1, 0.15) is 15.9 Å². The SMILES string of the molecule is COc1ccc(OCCOC(=O)c2ccccc2COc2ccccc2)cc1. The number of carbonyl (C=O) groups is 1. The van der Waals surface area contributed by atoms with Gasteiger partial charge in [0, 0.05) is 5.56 Å². The highest BCUT2D eigenvalue weighted by Crippen LogP contribution is 2.17. The molecule has 0 aliphatic rings. The average molecular weight is 378 g/mol. The van der Waals surface area contributed by atoms with Crippen LogP contribution >= 0.6 is 0 Å². The molecular weight excluding hydrogens is 356 g/mol. The molecule has 0 atom stereocenters. The molecule has 3 aromatic carbocycles. The van der Waals surface area contributed by atoms with Gasteiger partial charge in [-0.15, -0.1) is 0 Å². The van der Waals surface area contributed by atoms with E-state index >= 15 is 0 Å². The summed E-state index contributed by atoms with van der Waals surface area (Å²) in [6, 6.07) is 24.0. The van der Waals surface area contributed by atoms with Gasteiger partial charge in [0.15, 0.2) is 0 Å². The van der Waals surface area contributed by atoms with Crippen molar-refractivity contribution in [2.75, 3.05) is 20.3 Å². The van der Waals surface area contributed by atoms with Crippen LogP contribution in [-0.4, -0.2) is 26.3 Å². The van der Waals surface area contributed by atoms with E-state index in [1.165, 1.54) is 0 Å². The zero-order valence-electron chi connectivity index (χ0n) is 15.7. The fourth-order valence-electron chi connectivity index (χ4n) is 2.57. The van der Waals surface area contributed by atoms with Crippen LogP contribution in [0.15, 0.2) is 78.9 Å². The molecule has 28 heavy (non-hydrogen) atoms. The minimum absolute atomic E-state index is 0.152. The lowest BCUT2D eigenvalue weighted by Crippen LogP contribution is -2.14. The van der Waals surface area contributed by atoms with Gasteiger partial charge in [0.05, 0.1) is 12.7 Å². The summed E-state index contributed by atoms with van der Waals surface area (Å²) < 4.78 is 21.8. The Morgan fingerprint density at radius 2 is 1.36 bits per heavy atom. The molecule has 0 amide bonds. The number of rotatable bonds is 9. The second kappa shape index (κ2) is 10.0. The topological polar surface area (TPSA) is 54.0 Å². The van der Waals surface area contributed by atoms with E-state index in [1.54, 1.807) is 31.4 Å². The van der Waals surface area contributed by atoms with Crippen LogP contribution in [-0.2, 0) is 11.3 Å². The Hall–Kier alpha value is -3.47. The molecule has 0 spiro atoms. The Balaban J connectivity index is 1.49. The molecule has 0 N–H and O–H groups in total. The Morgan fingerprint density at radius 1 is 0.714 bits per heavy atom. The number of benzene rings is 3. The van der Waals surface area contributed by atoms with Gasteiger partial charge in [-0.05, 0) is 42.5 Å². The first-order valence-corrected chi connectivity index (χ1v) is 8.96. The van der Waals surface area contributed by atoms with Gasteiger partial charge in [0.25, 0.3) is 0 Å². The average Bonchev–Trinajstić information content (AvgIpc) is 2.76. The number of ether oxygens (including phenoxy) is 4. The summed E-state index contributed by atoms with van der Waals surface area (Å²) in [5.74, 6) is 1.80. The Bertz CT molecular complexity index is 875. The highest BCUT2D eigenvalue weighted by atomic mass is 16.6. The van der Waals surface area contributed by atoms with Crippen molar-refractivity contribution in [1.29, 1.82) is 0 Å². The summed E-state index contributed by atoms with van der Waals surface area (Å²) >= 11 is 0. The summed E-state index contributed by atoms with van der Waals surface area (Å²) in [4.78, 5) is 12.4. The molecule has 0 aliphatic carbocycles. The third kappa shape index (κ3) is 5.51. The molecule has 0 fully saturated rings. The minimum atomic E-state index is -0.398. The van der Waals surface area contributed by atoms with Gasteiger partial charge < -0.3 is 18.9 Å². The van der Waals surface area contributed by atoms with Crippen molar-refractivity contribution in [2.24, 2.45) is 0 Å². The number of hydrogen-bond donors (Lipinski definition) is 0. The van der Waals surface area contributed by atoms with Gasteiger partial charge in [-0.2, -0.15) is 0 Å². The first kappa shape index (κ1) is 19.3. The fraction of sp³-hybridized carbons (Fsp3) is 0.174. The normalized spacial score (nSPS) is 10.2. The van der Waals surface area contributed by atoms with Crippen molar-refractivity contribution in [1.82, 2.24) is 0 Å². The van der Waals surface area contributed by atoms with Gasteiger partial charge in [0.2, 0.25) is 0 Å². The number of para-hydroxylation sites is 1. The predicted molar refractivity (Wildman–Crippen MR) is 106 cm³/mol. The first-order valence-electron chi connectivity index (χ1n) is 8.96. The second-order valence-corrected chi connectivity index (χ2v) is 5.92. The first-order chi connectivity index (χ1) is 13.8. The maximum atomic E-state index is 12.4. The molecular formula is C23H22O5. The van der Waals surface area contributed by atoms with Crippen LogP contribution in [0.5, 0.6) is 17.2 Å². The van der Waals surface area contributed by atoms with E-state index in [9.17, 15) is 4.79 Å². The Labute approximate surface area is 164 Å². The largest absolute Gasteiger partial charge is 0.497 e. The summed E-state index contributed by atoms with van der Waals surface area (Å²) in [6.07, 6.45) is 0. The zero-order chi connectivity index (χ0) is 19.6. The van der Waals surface area contributed by atoms with Crippen LogP contribution in [0.3, 0.4) is 0 Å². The molecule has 0 aliphatic heterocycles. The lowest BCUT2D eigenvalue weighted by Gasteiger charge is -2.11. The maximum Gasteiger partial charge on any atom is 0.338 e. The van der Waals surface area contributed by atoms with Crippen LogP contribution in [0.2, 0.25) is 0 Å². The molecule has 0 saturated carbocycles. The highest BCUT2D eigenvalue weighted by molar-refractivity contribution is 5.91. The Kier molecular flexibility index (Phi) is 6.90. The zero-order valence-corrected chi connectivity index (χ0v) is 15.7. The van der Waals surface area contributed by atoms with Crippen molar-refractivity contribution in [3.8, 4) is 17.2 Å². The number of hydrogen-bond acceptors (Lipinski definition) is 5. The van der Waals surface area contributed by atoms with Gasteiger partial charge >= 0.3 is 5.97 Å². The van der Waals surface area contributed by atoms with Gasteiger partial charge in [-0.25, -0.2) is 4.79 Å². The lowest BCUT2D eigenvalue weighted by molar-refractivity contribution is 0.0447. The van der Waals surface area contributed by atoms with Crippen molar-refractivity contribution in [3.05, 3.63) is 90.0 Å². The molecule has 3 rings (SSSR count). The van der Waals surface area contributed by atoms with E-state index in [0.29, 0.717) is 11.3 Å². The van der Waals surface area contributed by atoms with E-state index in [0.717, 1.165) is 17.1 Å². The fourth-order valence-corrected chi connectivity index (χ4v) is 2.57. The van der Waals surface area contributed by atoms with E-state index in [1.807, 2.05) is 54.6 Å². The Morgan fingerprint density at radius 3 is 2.11 bits per heavy atom. The molecule has 5 nitrogen and oxygen atoms in total. The molecule has 0 aromatic heterocycles. The molecule has 0 heterocycles. The van der Waals surface area contributed by atoms with Crippen LogP contribution < -0.4 is 14.2 Å². The third-order valence-electron chi connectivity index (χ3n) is 4.02. The van der Waals surface area contributed by atoms with Crippen LogP contribution in [0, 0.1) is 0 Å². The van der Waals surface area contributed by atoms with Crippen LogP contribution in [0.25, 0.3) is 0 Å². The molecule has 5 heteroatoms. The molecule has 0 saturated heterocycles. The quantitative estimate of drug-likeness (QED) is 0.405. The van der Waals surface area contributed by atoms with Crippen LogP contribution in [0.4, 0.5) is 0 Å².